The first kappa shape index (κ1) is 24.8. The van der Waals surface area contributed by atoms with Gasteiger partial charge in [-0.3, -0.25) is 9.48 Å². The van der Waals surface area contributed by atoms with E-state index >= 15 is 0 Å². The van der Waals surface area contributed by atoms with Crippen LogP contribution in [0, 0.1) is 6.92 Å². The number of benzene rings is 1. The first-order chi connectivity index (χ1) is 14.5. The van der Waals surface area contributed by atoms with E-state index < -0.39 is 0 Å². The highest BCUT2D eigenvalue weighted by Crippen LogP contribution is 2.13. The number of thiazole rings is 1. The highest BCUT2D eigenvalue weighted by atomic mass is 127. The van der Waals surface area contributed by atoms with Gasteiger partial charge in [0.25, 0.3) is 0 Å². The van der Waals surface area contributed by atoms with Gasteiger partial charge in [0, 0.05) is 37.1 Å². The Hall–Kier alpha value is -2.47. The zero-order valence-electron chi connectivity index (χ0n) is 17.9. The van der Waals surface area contributed by atoms with Gasteiger partial charge in [0.1, 0.15) is 6.54 Å². The van der Waals surface area contributed by atoms with Crippen molar-refractivity contribution in [2.45, 2.75) is 33.5 Å². The van der Waals surface area contributed by atoms with E-state index in [1.54, 1.807) is 34.5 Å². The van der Waals surface area contributed by atoms with Crippen molar-refractivity contribution in [3.05, 3.63) is 64.4 Å². The van der Waals surface area contributed by atoms with Crippen molar-refractivity contribution in [1.29, 1.82) is 0 Å². The number of anilines is 1. The maximum absolute atomic E-state index is 12.2. The van der Waals surface area contributed by atoms with Gasteiger partial charge in [-0.05, 0) is 37.6 Å². The van der Waals surface area contributed by atoms with E-state index in [9.17, 15) is 4.79 Å². The van der Waals surface area contributed by atoms with Crippen LogP contribution in [0.15, 0.2) is 53.1 Å². The lowest BCUT2D eigenvalue weighted by Gasteiger charge is -2.21. The number of hydrogen-bond donors (Lipinski definition) is 2. The molecule has 0 bridgehead atoms. The molecular weight excluding hydrogens is 525 g/mol. The molecule has 2 heterocycles. The predicted octanol–water partition coefficient (Wildman–Crippen LogP) is 3.50. The molecule has 2 N–H and O–H groups in total. The van der Waals surface area contributed by atoms with Crippen molar-refractivity contribution in [3.8, 4) is 0 Å². The zero-order chi connectivity index (χ0) is 21.3. The van der Waals surface area contributed by atoms with Crippen molar-refractivity contribution >= 4 is 52.9 Å². The number of carbonyl (C=O) groups excluding carboxylic acids is 1. The lowest BCUT2D eigenvalue weighted by atomic mass is 10.2. The molecule has 0 saturated carbocycles. The Labute approximate surface area is 203 Å². The maximum atomic E-state index is 12.2. The minimum atomic E-state index is -0.119. The summed E-state index contributed by atoms with van der Waals surface area (Å²) in [5, 5.41) is 13.4. The van der Waals surface area contributed by atoms with Crippen molar-refractivity contribution in [2.24, 2.45) is 4.99 Å². The van der Waals surface area contributed by atoms with E-state index in [2.05, 4.69) is 31.0 Å². The number of aryl methyl sites for hydroxylation is 1. The van der Waals surface area contributed by atoms with Gasteiger partial charge in [0.2, 0.25) is 5.91 Å². The van der Waals surface area contributed by atoms with Crippen LogP contribution in [-0.2, 0) is 24.4 Å². The fraction of sp³-hybridized carbons (Fsp3) is 0.333. The van der Waals surface area contributed by atoms with Crippen molar-refractivity contribution in [2.75, 3.05) is 18.9 Å². The van der Waals surface area contributed by atoms with Gasteiger partial charge in [-0.25, -0.2) is 9.98 Å². The lowest BCUT2D eigenvalue weighted by molar-refractivity contribution is -0.116. The normalized spacial score (nSPS) is 11.0. The molecule has 31 heavy (non-hydrogen) atoms. The van der Waals surface area contributed by atoms with E-state index in [1.165, 1.54) is 0 Å². The Morgan fingerprint density at radius 1 is 1.32 bits per heavy atom. The van der Waals surface area contributed by atoms with Crippen molar-refractivity contribution in [1.82, 2.24) is 25.0 Å². The molecule has 0 radical (unpaired) electrons. The van der Waals surface area contributed by atoms with Gasteiger partial charge in [0.05, 0.1) is 23.8 Å². The standard InChI is InChI=1S/C21H27N7OS.HI/c1-4-22-21(27(3)13-19-15-30-16(2)25-19)23-12-17-7-5-8-18(11-17)26-20(29)14-28-10-6-9-24-28;/h5-11,15H,4,12-14H2,1-3H3,(H,22,23)(H,26,29);1H. The average Bonchev–Trinajstić information content (AvgIpc) is 3.37. The lowest BCUT2D eigenvalue weighted by Crippen LogP contribution is -2.38. The summed E-state index contributed by atoms with van der Waals surface area (Å²) < 4.78 is 1.59. The molecule has 0 spiro atoms. The Bertz CT molecular complexity index is 987. The number of nitrogens with zero attached hydrogens (tertiary/aromatic N) is 5. The summed E-state index contributed by atoms with van der Waals surface area (Å²) in [6.45, 7) is 6.22. The zero-order valence-corrected chi connectivity index (χ0v) is 21.1. The highest BCUT2D eigenvalue weighted by Gasteiger charge is 2.09. The van der Waals surface area contributed by atoms with Crippen LogP contribution >= 0.6 is 35.3 Å². The third-order valence-electron chi connectivity index (χ3n) is 4.25. The molecule has 1 aromatic carbocycles. The summed E-state index contributed by atoms with van der Waals surface area (Å²) in [6.07, 6.45) is 3.41. The van der Waals surface area contributed by atoms with E-state index in [1.807, 2.05) is 45.2 Å². The average molecular weight is 553 g/mol. The molecule has 0 aliphatic carbocycles. The van der Waals surface area contributed by atoms with Gasteiger partial charge in [-0.15, -0.1) is 35.3 Å². The van der Waals surface area contributed by atoms with Gasteiger partial charge in [-0.2, -0.15) is 5.10 Å². The highest BCUT2D eigenvalue weighted by molar-refractivity contribution is 14.0. The number of hydrogen-bond acceptors (Lipinski definition) is 5. The van der Waals surface area contributed by atoms with E-state index in [0.29, 0.717) is 13.1 Å². The number of halogens is 1. The van der Waals surface area contributed by atoms with E-state index in [0.717, 1.165) is 34.5 Å². The Morgan fingerprint density at radius 3 is 2.84 bits per heavy atom. The summed E-state index contributed by atoms with van der Waals surface area (Å²) in [7, 11) is 2.00. The Balaban J connectivity index is 0.00000341. The maximum Gasteiger partial charge on any atom is 0.246 e. The third kappa shape index (κ3) is 7.94. The monoisotopic (exact) mass is 553 g/mol. The fourth-order valence-electron chi connectivity index (χ4n) is 2.92. The van der Waals surface area contributed by atoms with Crippen LogP contribution in [-0.4, -0.2) is 45.1 Å². The number of guanidine groups is 1. The molecule has 0 atom stereocenters. The SMILES string of the molecule is CCNC(=NCc1cccc(NC(=O)Cn2cccn2)c1)N(C)Cc1csc(C)n1.I. The molecule has 2 aromatic heterocycles. The van der Waals surface area contributed by atoms with Crippen LogP contribution in [0.25, 0.3) is 0 Å². The molecule has 1 amide bonds. The molecule has 0 aliphatic heterocycles. The van der Waals surface area contributed by atoms with Crippen LogP contribution in [0.4, 0.5) is 5.69 Å². The predicted molar refractivity (Wildman–Crippen MR) is 136 cm³/mol. The number of aliphatic imine (C=N–C) groups is 1. The number of nitrogens with one attached hydrogen (secondary N) is 2. The van der Waals surface area contributed by atoms with Crippen LogP contribution < -0.4 is 10.6 Å². The Kier molecular flexibility index (Phi) is 9.92. The number of rotatable bonds is 8. The fourth-order valence-corrected chi connectivity index (χ4v) is 3.53. The molecular formula is C21H28IN7OS. The minimum Gasteiger partial charge on any atom is -0.357 e. The number of carbonyl (C=O) groups is 1. The molecule has 0 saturated heterocycles. The van der Waals surface area contributed by atoms with Gasteiger partial charge < -0.3 is 15.5 Å². The van der Waals surface area contributed by atoms with Crippen LogP contribution in [0.1, 0.15) is 23.2 Å². The molecule has 0 aliphatic rings. The second-order valence-electron chi connectivity index (χ2n) is 6.84. The summed E-state index contributed by atoms with van der Waals surface area (Å²) in [5.74, 6) is 0.697. The summed E-state index contributed by atoms with van der Waals surface area (Å²) in [6, 6.07) is 9.53. The van der Waals surface area contributed by atoms with Crippen molar-refractivity contribution in [3.63, 3.8) is 0 Å². The number of amides is 1. The third-order valence-corrected chi connectivity index (χ3v) is 5.07. The molecule has 3 aromatic rings. The Morgan fingerprint density at radius 2 is 2.16 bits per heavy atom. The van der Waals surface area contributed by atoms with Crippen LogP contribution in [0.3, 0.4) is 0 Å². The topological polar surface area (TPSA) is 87.4 Å². The molecule has 3 rings (SSSR count). The van der Waals surface area contributed by atoms with Gasteiger partial charge in [-0.1, -0.05) is 12.1 Å². The quantitative estimate of drug-likeness (QED) is 0.253. The molecule has 0 fully saturated rings. The van der Waals surface area contributed by atoms with Crippen molar-refractivity contribution < 1.29 is 4.79 Å². The summed E-state index contributed by atoms with van der Waals surface area (Å²) >= 11 is 1.65. The van der Waals surface area contributed by atoms with E-state index in [-0.39, 0.29) is 36.4 Å². The van der Waals surface area contributed by atoms with E-state index in [4.69, 9.17) is 4.99 Å². The molecule has 10 heteroatoms. The summed E-state index contributed by atoms with van der Waals surface area (Å²) in [5.41, 5.74) is 2.80. The van der Waals surface area contributed by atoms with Crippen LogP contribution in [0.5, 0.6) is 0 Å². The first-order valence-electron chi connectivity index (χ1n) is 9.80. The van der Waals surface area contributed by atoms with Crippen LogP contribution in [0.2, 0.25) is 0 Å². The molecule has 0 unspecified atom stereocenters. The second-order valence-corrected chi connectivity index (χ2v) is 7.90. The van der Waals surface area contributed by atoms with Gasteiger partial charge >= 0.3 is 0 Å². The largest absolute Gasteiger partial charge is 0.357 e. The number of aromatic nitrogens is 3. The molecule has 8 nitrogen and oxygen atoms in total. The van der Waals surface area contributed by atoms with Gasteiger partial charge in [0.15, 0.2) is 5.96 Å². The molecule has 166 valence electrons. The summed E-state index contributed by atoms with van der Waals surface area (Å²) in [4.78, 5) is 23.5. The first-order valence-corrected chi connectivity index (χ1v) is 10.7. The smallest absolute Gasteiger partial charge is 0.246 e. The second kappa shape index (κ2) is 12.4. The minimum absolute atomic E-state index is 0.